The van der Waals surface area contributed by atoms with Crippen molar-refractivity contribution in [3.63, 3.8) is 0 Å². The zero-order valence-electron chi connectivity index (χ0n) is 9.33. The van der Waals surface area contributed by atoms with Crippen LogP contribution < -0.4 is 11.1 Å². The van der Waals surface area contributed by atoms with Gasteiger partial charge >= 0.3 is 0 Å². The standard InChI is InChI=1S/C10H12ClF2N3O2/c11-7-4-16-9(14)3-6(7)10(17)15-1-2-18-5-8(12)13/h3-4,8H,1-2,5H2,(H2,14,16)(H,15,17). The minimum atomic E-state index is -2.52. The van der Waals surface area contributed by atoms with Crippen LogP contribution in [-0.4, -0.2) is 37.1 Å². The van der Waals surface area contributed by atoms with Crippen molar-refractivity contribution in [1.29, 1.82) is 0 Å². The largest absolute Gasteiger partial charge is 0.384 e. The molecule has 0 radical (unpaired) electrons. The highest BCUT2D eigenvalue weighted by atomic mass is 35.5. The van der Waals surface area contributed by atoms with Gasteiger partial charge in [-0.1, -0.05) is 11.6 Å². The second kappa shape index (κ2) is 7.07. The Hall–Kier alpha value is -1.47. The van der Waals surface area contributed by atoms with E-state index in [1.165, 1.54) is 12.3 Å². The van der Waals surface area contributed by atoms with Crippen LogP contribution in [0, 0.1) is 0 Å². The number of nitrogens with two attached hydrogens (primary N) is 1. The molecular weight excluding hydrogens is 268 g/mol. The van der Waals surface area contributed by atoms with Crippen molar-refractivity contribution < 1.29 is 18.3 Å². The highest BCUT2D eigenvalue weighted by Gasteiger charge is 2.11. The predicted molar refractivity (Wildman–Crippen MR) is 62.8 cm³/mol. The number of hydrogen-bond donors (Lipinski definition) is 2. The zero-order chi connectivity index (χ0) is 13.5. The van der Waals surface area contributed by atoms with Gasteiger partial charge in [0.15, 0.2) is 0 Å². The molecule has 5 nitrogen and oxygen atoms in total. The number of nitrogen functional groups attached to an aromatic ring is 1. The molecule has 0 bridgehead atoms. The lowest BCUT2D eigenvalue weighted by atomic mass is 10.2. The number of anilines is 1. The van der Waals surface area contributed by atoms with Gasteiger partial charge in [-0.25, -0.2) is 13.8 Å². The quantitative estimate of drug-likeness (QED) is 0.770. The van der Waals surface area contributed by atoms with Crippen molar-refractivity contribution >= 4 is 23.3 Å². The van der Waals surface area contributed by atoms with Crippen molar-refractivity contribution in [3.05, 3.63) is 22.8 Å². The Labute approximate surface area is 107 Å². The SMILES string of the molecule is Nc1cc(C(=O)NCCOCC(F)F)c(Cl)cn1. The minimum absolute atomic E-state index is 0.00569. The summed E-state index contributed by atoms with van der Waals surface area (Å²) in [5.41, 5.74) is 5.60. The number of alkyl halides is 2. The monoisotopic (exact) mass is 279 g/mol. The molecule has 0 aromatic carbocycles. The van der Waals surface area contributed by atoms with E-state index in [9.17, 15) is 13.6 Å². The summed E-state index contributed by atoms with van der Waals surface area (Å²) in [6.07, 6.45) is -1.26. The van der Waals surface area contributed by atoms with E-state index in [1.54, 1.807) is 0 Å². The number of amides is 1. The molecule has 1 amide bonds. The summed E-state index contributed by atoms with van der Waals surface area (Å²) in [5.74, 6) is -0.298. The molecule has 0 aliphatic heterocycles. The van der Waals surface area contributed by atoms with Crippen molar-refractivity contribution in [3.8, 4) is 0 Å². The van der Waals surface area contributed by atoms with Gasteiger partial charge in [-0.15, -0.1) is 0 Å². The van der Waals surface area contributed by atoms with E-state index in [-0.39, 0.29) is 29.6 Å². The molecule has 0 saturated carbocycles. The van der Waals surface area contributed by atoms with Crippen LogP contribution in [0.3, 0.4) is 0 Å². The maximum Gasteiger partial charge on any atom is 0.261 e. The number of pyridine rings is 1. The maximum atomic E-state index is 11.7. The third kappa shape index (κ3) is 4.80. The molecule has 0 aliphatic rings. The van der Waals surface area contributed by atoms with E-state index in [0.29, 0.717) is 0 Å². The van der Waals surface area contributed by atoms with Crippen LogP contribution in [0.5, 0.6) is 0 Å². The molecule has 1 aromatic heterocycles. The summed E-state index contributed by atoms with van der Waals surface area (Å²) >= 11 is 5.76. The molecule has 1 heterocycles. The Morgan fingerprint density at radius 1 is 1.61 bits per heavy atom. The lowest BCUT2D eigenvalue weighted by Crippen LogP contribution is -2.28. The second-order valence-corrected chi connectivity index (χ2v) is 3.72. The molecule has 0 spiro atoms. The fourth-order valence-corrected chi connectivity index (χ4v) is 1.32. The maximum absolute atomic E-state index is 11.7. The molecule has 0 unspecified atom stereocenters. The van der Waals surface area contributed by atoms with Gasteiger partial charge in [0.1, 0.15) is 12.4 Å². The van der Waals surface area contributed by atoms with E-state index in [1.807, 2.05) is 0 Å². The fraction of sp³-hybridized carbons (Fsp3) is 0.400. The number of aromatic nitrogens is 1. The molecule has 18 heavy (non-hydrogen) atoms. The number of carbonyl (C=O) groups is 1. The molecule has 0 fully saturated rings. The van der Waals surface area contributed by atoms with E-state index in [2.05, 4.69) is 15.0 Å². The number of ether oxygens (including phenoxy) is 1. The highest BCUT2D eigenvalue weighted by molar-refractivity contribution is 6.33. The van der Waals surface area contributed by atoms with E-state index >= 15 is 0 Å². The third-order valence-electron chi connectivity index (χ3n) is 1.90. The number of nitrogens with one attached hydrogen (secondary N) is 1. The lowest BCUT2D eigenvalue weighted by Gasteiger charge is -2.07. The van der Waals surface area contributed by atoms with Gasteiger partial charge in [-0.05, 0) is 6.07 Å². The van der Waals surface area contributed by atoms with E-state index < -0.39 is 18.9 Å². The van der Waals surface area contributed by atoms with Gasteiger partial charge in [0.2, 0.25) is 0 Å². The van der Waals surface area contributed by atoms with Crippen LogP contribution in [0.4, 0.5) is 14.6 Å². The van der Waals surface area contributed by atoms with E-state index in [0.717, 1.165) is 0 Å². The molecule has 1 rings (SSSR count). The van der Waals surface area contributed by atoms with Crippen LogP contribution in [-0.2, 0) is 4.74 Å². The molecule has 0 saturated heterocycles. The molecule has 3 N–H and O–H groups in total. The average molecular weight is 280 g/mol. The first-order chi connectivity index (χ1) is 8.50. The average Bonchev–Trinajstić information content (AvgIpc) is 2.31. The number of nitrogens with zero attached hydrogens (tertiary/aromatic N) is 1. The Kier molecular flexibility index (Phi) is 5.73. The number of halogens is 3. The Balaban J connectivity index is 2.39. The molecule has 8 heteroatoms. The van der Waals surface area contributed by atoms with E-state index in [4.69, 9.17) is 17.3 Å². The van der Waals surface area contributed by atoms with Crippen LogP contribution in [0.15, 0.2) is 12.3 Å². The molecule has 0 atom stereocenters. The Morgan fingerprint density at radius 3 is 3.00 bits per heavy atom. The molecule has 100 valence electrons. The van der Waals surface area contributed by atoms with Crippen molar-refractivity contribution in [1.82, 2.24) is 10.3 Å². The van der Waals surface area contributed by atoms with Gasteiger partial charge in [-0.2, -0.15) is 0 Å². The van der Waals surface area contributed by atoms with Gasteiger partial charge in [0.25, 0.3) is 12.3 Å². The molecule has 1 aromatic rings. The number of carbonyl (C=O) groups excluding carboxylic acids is 1. The first-order valence-electron chi connectivity index (χ1n) is 5.06. The van der Waals surface area contributed by atoms with Crippen LogP contribution >= 0.6 is 11.6 Å². The topological polar surface area (TPSA) is 77.2 Å². The summed E-state index contributed by atoms with van der Waals surface area (Å²) in [4.78, 5) is 15.3. The van der Waals surface area contributed by atoms with Crippen LogP contribution in [0.1, 0.15) is 10.4 Å². The lowest BCUT2D eigenvalue weighted by molar-refractivity contribution is 0.0188. The van der Waals surface area contributed by atoms with Crippen LogP contribution in [0.25, 0.3) is 0 Å². The summed E-state index contributed by atoms with van der Waals surface area (Å²) in [6, 6.07) is 1.33. The summed E-state index contributed by atoms with van der Waals surface area (Å²) in [5, 5.41) is 2.63. The Morgan fingerprint density at radius 2 is 2.33 bits per heavy atom. The Bertz CT molecular complexity index is 418. The second-order valence-electron chi connectivity index (χ2n) is 3.31. The number of hydrogen-bond acceptors (Lipinski definition) is 4. The fourth-order valence-electron chi connectivity index (χ4n) is 1.13. The van der Waals surface area contributed by atoms with Gasteiger partial charge in [0.05, 0.1) is 17.2 Å². The normalized spacial score (nSPS) is 10.7. The molecular formula is C10H12ClF2N3O2. The summed E-state index contributed by atoms with van der Waals surface area (Å²) in [6.45, 7) is -0.558. The van der Waals surface area contributed by atoms with Crippen molar-refractivity contribution in [2.45, 2.75) is 6.43 Å². The summed E-state index contributed by atoms with van der Waals surface area (Å²) in [7, 11) is 0. The minimum Gasteiger partial charge on any atom is -0.384 e. The number of rotatable bonds is 6. The summed E-state index contributed by atoms with van der Waals surface area (Å²) < 4.78 is 28.1. The van der Waals surface area contributed by atoms with Gasteiger partial charge < -0.3 is 15.8 Å². The zero-order valence-corrected chi connectivity index (χ0v) is 10.1. The van der Waals surface area contributed by atoms with Gasteiger partial charge in [0, 0.05) is 12.7 Å². The first-order valence-corrected chi connectivity index (χ1v) is 5.43. The smallest absolute Gasteiger partial charge is 0.261 e. The molecule has 0 aliphatic carbocycles. The van der Waals surface area contributed by atoms with Crippen molar-refractivity contribution in [2.24, 2.45) is 0 Å². The van der Waals surface area contributed by atoms with Crippen molar-refractivity contribution in [2.75, 3.05) is 25.5 Å². The van der Waals surface area contributed by atoms with Crippen LogP contribution in [0.2, 0.25) is 5.02 Å². The predicted octanol–water partition coefficient (Wildman–Crippen LogP) is 1.33. The highest BCUT2D eigenvalue weighted by Crippen LogP contribution is 2.16. The third-order valence-corrected chi connectivity index (χ3v) is 2.20. The first kappa shape index (κ1) is 14.6. The van der Waals surface area contributed by atoms with Gasteiger partial charge in [-0.3, -0.25) is 4.79 Å².